The fraction of sp³-hybridized carbons (Fsp3) is 0.739. The summed E-state index contributed by atoms with van der Waals surface area (Å²) < 4.78 is 11.1. The molecule has 0 aromatic heterocycles. The number of esters is 1. The van der Waals surface area contributed by atoms with Gasteiger partial charge in [-0.3, -0.25) is 4.79 Å². The molecule has 7 atom stereocenters. The van der Waals surface area contributed by atoms with Gasteiger partial charge >= 0.3 is 5.97 Å². The van der Waals surface area contributed by atoms with E-state index in [4.69, 9.17) is 9.47 Å². The monoisotopic (exact) mass is 399 g/mol. The van der Waals surface area contributed by atoms with Crippen LogP contribution in [-0.2, 0) is 19.1 Å². The number of carbonyl (C=O) groups is 2. The Morgan fingerprint density at radius 1 is 1.31 bits per heavy atom. The van der Waals surface area contributed by atoms with Crippen LogP contribution in [0.5, 0.6) is 0 Å². The van der Waals surface area contributed by atoms with Crippen LogP contribution in [0.2, 0.25) is 0 Å². The number of quaternary nitrogens is 1. The summed E-state index contributed by atoms with van der Waals surface area (Å²) in [5, 5.41) is 14.0. The van der Waals surface area contributed by atoms with Gasteiger partial charge in [0.15, 0.2) is 0 Å². The molecular formula is C23H29NO5. The highest BCUT2D eigenvalue weighted by Gasteiger charge is 2.78. The normalized spacial score (nSPS) is 49.6. The second-order valence-electron chi connectivity index (χ2n) is 10.5. The number of allylic oxidation sites excluding steroid dienone is 2. The summed E-state index contributed by atoms with van der Waals surface area (Å²) in [6, 6.07) is -0.0709. The number of nitrogens with zero attached hydrogens (tertiary/aromatic N) is 1. The average Bonchev–Trinajstić information content (AvgIpc) is 3.13. The quantitative estimate of drug-likeness (QED) is 0.385. The van der Waals surface area contributed by atoms with Crippen molar-refractivity contribution in [2.75, 3.05) is 26.8 Å². The summed E-state index contributed by atoms with van der Waals surface area (Å²) >= 11 is 0. The Morgan fingerprint density at radius 2 is 2.10 bits per heavy atom. The zero-order chi connectivity index (χ0) is 20.3. The van der Waals surface area contributed by atoms with E-state index in [1.54, 1.807) is 0 Å². The Bertz CT molecular complexity index is 920. The number of methoxy groups -OCH3 is 1. The Hall–Kier alpha value is -1.66. The Labute approximate surface area is 171 Å². The molecule has 2 bridgehead atoms. The largest absolute Gasteiger partial charge is 0.633 e. The van der Waals surface area contributed by atoms with Crippen molar-refractivity contribution in [1.82, 2.24) is 0 Å². The number of hydrogen-bond donors (Lipinski definition) is 0. The third-order valence-corrected chi connectivity index (χ3v) is 9.67. The minimum atomic E-state index is -0.796. The number of carbonyl (C=O) groups excluding carboxylic acids is 2. The molecule has 29 heavy (non-hydrogen) atoms. The lowest BCUT2D eigenvalue weighted by atomic mass is 9.45. The van der Waals surface area contributed by atoms with Gasteiger partial charge in [0, 0.05) is 53.6 Å². The number of hydroxylamine groups is 3. The molecule has 156 valence electrons. The molecule has 3 aliphatic heterocycles. The molecule has 6 heteroatoms. The molecule has 3 aliphatic carbocycles. The number of hydrogen-bond acceptors (Lipinski definition) is 5. The molecule has 0 N–H and O–H groups in total. The maximum absolute atomic E-state index is 14.3. The molecule has 0 aromatic carbocycles. The van der Waals surface area contributed by atoms with E-state index in [0.717, 1.165) is 29.7 Å². The van der Waals surface area contributed by atoms with E-state index in [2.05, 4.69) is 13.8 Å². The highest BCUT2D eigenvalue weighted by molar-refractivity contribution is 6.01. The minimum Gasteiger partial charge on any atom is -0.633 e. The number of ketones is 1. The van der Waals surface area contributed by atoms with Crippen LogP contribution in [-0.4, -0.2) is 49.2 Å². The fourth-order valence-corrected chi connectivity index (χ4v) is 8.54. The van der Waals surface area contributed by atoms with E-state index >= 15 is 0 Å². The zero-order valence-corrected chi connectivity index (χ0v) is 17.5. The Kier molecular flexibility index (Phi) is 3.33. The third-order valence-electron chi connectivity index (χ3n) is 9.67. The molecule has 0 radical (unpaired) electrons. The van der Waals surface area contributed by atoms with Crippen molar-refractivity contribution in [2.45, 2.75) is 52.0 Å². The molecule has 2 saturated heterocycles. The summed E-state index contributed by atoms with van der Waals surface area (Å²) in [7, 11) is 1.41. The van der Waals surface area contributed by atoms with Crippen molar-refractivity contribution >= 4 is 11.8 Å². The zero-order valence-electron chi connectivity index (χ0n) is 17.5. The lowest BCUT2D eigenvalue weighted by Gasteiger charge is -2.62. The third kappa shape index (κ3) is 1.79. The summed E-state index contributed by atoms with van der Waals surface area (Å²) in [6.07, 6.45) is 3.38. The standard InChI is InChI=1S/C23H29NO5/c1-12-10-24(27)11-13-4-5-17-19-14(6-7-29-17)16(21(26)28-3)9-23(19)20(25)15(12)8-18(24)22(13,23)2/h12-13,15,18H,4-11H2,1-3H3/t12?,13?,15-,18?,22-,23+,24?/m1/s1. The molecule has 1 spiro atoms. The number of rotatable bonds is 1. The Morgan fingerprint density at radius 3 is 2.86 bits per heavy atom. The van der Waals surface area contributed by atoms with Crippen LogP contribution >= 0.6 is 0 Å². The van der Waals surface area contributed by atoms with Gasteiger partial charge in [-0.2, -0.15) is 0 Å². The van der Waals surface area contributed by atoms with Crippen molar-refractivity contribution in [3.05, 3.63) is 27.7 Å². The van der Waals surface area contributed by atoms with E-state index in [1.165, 1.54) is 7.11 Å². The van der Waals surface area contributed by atoms with Gasteiger partial charge in [-0.15, -0.1) is 0 Å². The summed E-state index contributed by atoms with van der Waals surface area (Å²) in [6.45, 7) is 5.97. The molecule has 3 heterocycles. The van der Waals surface area contributed by atoms with Crippen LogP contribution in [0.15, 0.2) is 22.5 Å². The summed E-state index contributed by atoms with van der Waals surface area (Å²) in [5.41, 5.74) is 1.40. The van der Waals surface area contributed by atoms with E-state index in [9.17, 15) is 14.8 Å². The average molecular weight is 399 g/mol. The van der Waals surface area contributed by atoms with Crippen LogP contribution in [0.1, 0.15) is 46.0 Å². The van der Waals surface area contributed by atoms with Crippen molar-refractivity contribution in [2.24, 2.45) is 28.6 Å². The molecule has 6 nitrogen and oxygen atoms in total. The molecule has 4 unspecified atom stereocenters. The number of ether oxygens (including phenoxy) is 2. The molecule has 1 saturated carbocycles. The maximum Gasteiger partial charge on any atom is 0.334 e. The van der Waals surface area contributed by atoms with Crippen molar-refractivity contribution < 1.29 is 23.7 Å². The van der Waals surface area contributed by atoms with Crippen LogP contribution in [0.25, 0.3) is 0 Å². The number of Topliss-reactive ketones (excluding diaryl/α,β-unsaturated/α-hetero) is 1. The van der Waals surface area contributed by atoms with Gasteiger partial charge < -0.3 is 19.3 Å². The highest BCUT2D eigenvalue weighted by atomic mass is 16.6. The molecular weight excluding hydrogens is 370 g/mol. The minimum absolute atomic E-state index is 0.0709. The molecule has 0 amide bonds. The summed E-state index contributed by atoms with van der Waals surface area (Å²) in [5.74, 6) is 1.000. The van der Waals surface area contributed by atoms with Gasteiger partial charge in [0.1, 0.15) is 11.5 Å². The second-order valence-corrected chi connectivity index (χ2v) is 10.5. The first kappa shape index (κ1) is 18.1. The van der Waals surface area contributed by atoms with Crippen LogP contribution in [0.3, 0.4) is 0 Å². The molecule has 6 rings (SSSR count). The molecule has 0 aromatic rings. The topological polar surface area (TPSA) is 75.7 Å². The van der Waals surface area contributed by atoms with Gasteiger partial charge in [0.25, 0.3) is 0 Å². The van der Waals surface area contributed by atoms with Crippen molar-refractivity contribution in [3.8, 4) is 0 Å². The van der Waals surface area contributed by atoms with E-state index in [1.807, 2.05) is 0 Å². The van der Waals surface area contributed by atoms with Gasteiger partial charge in [-0.05, 0) is 18.4 Å². The van der Waals surface area contributed by atoms with E-state index < -0.39 is 10.8 Å². The first-order valence-electron chi connectivity index (χ1n) is 11.1. The van der Waals surface area contributed by atoms with Crippen molar-refractivity contribution in [3.63, 3.8) is 0 Å². The van der Waals surface area contributed by atoms with E-state index in [0.29, 0.717) is 44.5 Å². The number of piperidine rings is 1. The van der Waals surface area contributed by atoms with Crippen LogP contribution < -0.4 is 0 Å². The molecule has 3 fully saturated rings. The SMILES string of the molecule is COC(=O)C1=C2CCOC3=C2[C@@]2(C1)C(=O)[C@@H]1CC4[C@@]2(C)C(CC3)C[N+]4([O-])CC1C. The smallest absolute Gasteiger partial charge is 0.334 e. The number of fused-ring (bicyclic) bond motifs is 1. The van der Waals surface area contributed by atoms with Gasteiger partial charge in [0.2, 0.25) is 0 Å². The van der Waals surface area contributed by atoms with E-state index in [-0.39, 0.29) is 40.2 Å². The second kappa shape index (κ2) is 5.33. The first-order valence-corrected chi connectivity index (χ1v) is 11.1. The summed E-state index contributed by atoms with van der Waals surface area (Å²) in [4.78, 5) is 27.1. The van der Waals surface area contributed by atoms with Crippen molar-refractivity contribution in [1.29, 1.82) is 0 Å². The first-order chi connectivity index (χ1) is 13.8. The molecule has 6 aliphatic rings. The van der Waals surface area contributed by atoms with Gasteiger partial charge in [-0.25, -0.2) is 4.79 Å². The maximum atomic E-state index is 14.3. The highest BCUT2D eigenvalue weighted by Crippen LogP contribution is 2.74. The lowest BCUT2D eigenvalue weighted by molar-refractivity contribution is -0.908. The van der Waals surface area contributed by atoms with Crippen LogP contribution in [0, 0.1) is 33.8 Å². The van der Waals surface area contributed by atoms with Crippen LogP contribution in [0.4, 0.5) is 0 Å². The lowest BCUT2D eigenvalue weighted by Crippen LogP contribution is -2.69. The predicted molar refractivity (Wildman–Crippen MR) is 104 cm³/mol. The Balaban J connectivity index is 1.66. The van der Waals surface area contributed by atoms with Gasteiger partial charge in [-0.1, -0.05) is 13.8 Å². The predicted octanol–water partition coefficient (Wildman–Crippen LogP) is 2.87. The fourth-order valence-electron chi connectivity index (χ4n) is 8.54. The van der Waals surface area contributed by atoms with Gasteiger partial charge in [0.05, 0.1) is 38.3 Å².